The predicted octanol–water partition coefficient (Wildman–Crippen LogP) is 6.54. The molecule has 3 rings (SSSR count). The molecular weight excluding hydrogens is 482 g/mol. The number of ether oxygens (including phenoxy) is 1. The van der Waals surface area contributed by atoms with Crippen molar-refractivity contribution >= 4 is 52.8 Å². The molecule has 1 N–H and O–H groups in total. The lowest BCUT2D eigenvalue weighted by Gasteiger charge is -2.26. The maximum absolute atomic E-state index is 13.2. The average molecular weight is 507 g/mol. The largest absolute Gasteiger partial charge is 0.490 e. The van der Waals surface area contributed by atoms with Crippen LogP contribution in [0.4, 0.5) is 14.9 Å². The molecule has 0 bridgehead atoms. The number of carbonyl (C=O) groups is 3. The zero-order valence-electron chi connectivity index (χ0n) is 18.7. The van der Waals surface area contributed by atoms with Crippen molar-refractivity contribution in [2.75, 3.05) is 11.5 Å². The van der Waals surface area contributed by atoms with Crippen LogP contribution >= 0.6 is 23.2 Å². The summed E-state index contributed by atoms with van der Waals surface area (Å²) in [6.45, 7) is 2.64. The lowest BCUT2D eigenvalue weighted by Crippen LogP contribution is -2.54. The van der Waals surface area contributed by atoms with Gasteiger partial charge in [-0.3, -0.25) is 14.9 Å². The smallest absolute Gasteiger partial charge is 0.335 e. The second kappa shape index (κ2) is 12.0. The van der Waals surface area contributed by atoms with Gasteiger partial charge in [0, 0.05) is 0 Å². The number of amides is 4. The number of urea groups is 1. The number of barbiturate groups is 1. The van der Waals surface area contributed by atoms with Gasteiger partial charge in [-0.1, -0.05) is 62.2 Å². The van der Waals surface area contributed by atoms with Crippen LogP contribution in [0.1, 0.15) is 51.0 Å². The summed E-state index contributed by atoms with van der Waals surface area (Å²) >= 11 is 12.7. The minimum absolute atomic E-state index is 0.122. The Hall–Kier alpha value is -2.90. The molecule has 9 heteroatoms. The third kappa shape index (κ3) is 6.36. The number of carbonyl (C=O) groups excluding carboxylic acids is 3. The van der Waals surface area contributed by atoms with Gasteiger partial charge >= 0.3 is 6.03 Å². The summed E-state index contributed by atoms with van der Waals surface area (Å²) in [5, 5.41) is 2.58. The fraction of sp³-hybridized carbons (Fsp3) is 0.320. The van der Waals surface area contributed by atoms with Gasteiger partial charge in [0.05, 0.1) is 22.3 Å². The Labute approximate surface area is 207 Å². The number of nitrogens with one attached hydrogen (secondary N) is 1. The molecule has 0 unspecified atom stereocenters. The van der Waals surface area contributed by atoms with Crippen molar-refractivity contribution < 1.29 is 23.5 Å². The molecule has 0 aliphatic carbocycles. The van der Waals surface area contributed by atoms with Crippen molar-refractivity contribution in [1.82, 2.24) is 5.32 Å². The molecule has 1 aliphatic rings. The van der Waals surface area contributed by atoms with E-state index in [4.69, 9.17) is 27.9 Å². The predicted molar refractivity (Wildman–Crippen MR) is 131 cm³/mol. The zero-order valence-corrected chi connectivity index (χ0v) is 20.2. The number of hydrogen-bond acceptors (Lipinski definition) is 4. The summed E-state index contributed by atoms with van der Waals surface area (Å²) in [5.41, 5.74) is 0.211. The topological polar surface area (TPSA) is 75.7 Å². The molecule has 4 amide bonds. The van der Waals surface area contributed by atoms with E-state index in [2.05, 4.69) is 12.2 Å². The Morgan fingerprint density at radius 2 is 1.59 bits per heavy atom. The molecule has 2 aromatic carbocycles. The van der Waals surface area contributed by atoms with Gasteiger partial charge in [-0.05, 0) is 54.5 Å². The van der Waals surface area contributed by atoms with Gasteiger partial charge in [0.25, 0.3) is 11.8 Å². The zero-order chi connectivity index (χ0) is 24.7. The number of anilines is 1. The number of rotatable bonds is 10. The van der Waals surface area contributed by atoms with Crippen molar-refractivity contribution in [3.63, 3.8) is 0 Å². The molecular formula is C25H25Cl2FN2O4. The second-order valence-corrected chi connectivity index (χ2v) is 8.68. The molecule has 1 heterocycles. The van der Waals surface area contributed by atoms with Crippen LogP contribution in [0.15, 0.2) is 42.0 Å². The normalized spacial score (nSPS) is 15.1. The molecule has 0 aromatic heterocycles. The van der Waals surface area contributed by atoms with E-state index in [0.29, 0.717) is 17.9 Å². The number of hydrogen-bond donors (Lipinski definition) is 1. The van der Waals surface area contributed by atoms with E-state index in [9.17, 15) is 18.8 Å². The molecule has 0 atom stereocenters. The van der Waals surface area contributed by atoms with E-state index in [0.717, 1.165) is 36.3 Å². The molecule has 1 aliphatic heterocycles. The fourth-order valence-corrected chi connectivity index (χ4v) is 4.12. The SMILES string of the molecule is CCCCCCCCOc1c(Cl)cc(/C=C2\C(=O)NC(=O)N(c3ccc(F)cc3)C2=O)cc1Cl. The first-order valence-electron chi connectivity index (χ1n) is 11.1. The molecule has 0 spiro atoms. The summed E-state index contributed by atoms with van der Waals surface area (Å²) in [5.74, 6) is -1.90. The lowest BCUT2D eigenvalue weighted by molar-refractivity contribution is -0.122. The fourth-order valence-electron chi connectivity index (χ4n) is 3.51. The van der Waals surface area contributed by atoms with E-state index in [1.807, 2.05) is 0 Å². The van der Waals surface area contributed by atoms with Crippen molar-refractivity contribution in [3.8, 4) is 5.75 Å². The number of unbranched alkanes of at least 4 members (excludes halogenated alkanes) is 5. The minimum atomic E-state index is -0.923. The van der Waals surface area contributed by atoms with Crippen LogP contribution in [-0.2, 0) is 9.59 Å². The Bertz CT molecular complexity index is 1080. The molecule has 34 heavy (non-hydrogen) atoms. The average Bonchev–Trinajstić information content (AvgIpc) is 2.78. The van der Waals surface area contributed by atoms with E-state index >= 15 is 0 Å². The van der Waals surface area contributed by atoms with Gasteiger partial charge in [0.15, 0.2) is 5.75 Å². The second-order valence-electron chi connectivity index (χ2n) is 7.86. The maximum Gasteiger partial charge on any atom is 0.335 e. The summed E-state index contributed by atoms with van der Waals surface area (Å²) in [7, 11) is 0. The van der Waals surface area contributed by atoms with E-state index in [-0.39, 0.29) is 21.3 Å². The van der Waals surface area contributed by atoms with Crippen LogP contribution in [-0.4, -0.2) is 24.5 Å². The summed E-state index contributed by atoms with van der Waals surface area (Å²) in [6, 6.07) is 6.88. The molecule has 2 aromatic rings. The third-order valence-corrected chi connectivity index (χ3v) is 5.82. The lowest BCUT2D eigenvalue weighted by atomic mass is 10.1. The quantitative estimate of drug-likeness (QED) is 0.225. The highest BCUT2D eigenvalue weighted by Crippen LogP contribution is 2.35. The van der Waals surface area contributed by atoms with Crippen molar-refractivity contribution in [2.24, 2.45) is 0 Å². The highest BCUT2D eigenvalue weighted by atomic mass is 35.5. The van der Waals surface area contributed by atoms with E-state index in [1.54, 1.807) is 0 Å². The Morgan fingerprint density at radius 1 is 0.971 bits per heavy atom. The molecule has 1 saturated heterocycles. The summed E-state index contributed by atoms with van der Waals surface area (Å²) in [6.07, 6.45) is 8.00. The highest BCUT2D eigenvalue weighted by molar-refractivity contribution is 6.40. The van der Waals surface area contributed by atoms with E-state index in [1.165, 1.54) is 49.6 Å². The third-order valence-electron chi connectivity index (χ3n) is 5.26. The Balaban J connectivity index is 1.74. The summed E-state index contributed by atoms with van der Waals surface area (Å²) in [4.78, 5) is 38.3. The van der Waals surface area contributed by atoms with Crippen LogP contribution in [0.5, 0.6) is 5.75 Å². The van der Waals surface area contributed by atoms with Gasteiger partial charge in [0.2, 0.25) is 0 Å². The van der Waals surface area contributed by atoms with Crippen LogP contribution in [0.25, 0.3) is 6.08 Å². The van der Waals surface area contributed by atoms with Crippen molar-refractivity contribution in [2.45, 2.75) is 45.4 Å². The molecule has 0 radical (unpaired) electrons. The number of nitrogens with zero attached hydrogens (tertiary/aromatic N) is 1. The number of benzene rings is 2. The number of imide groups is 2. The first-order chi connectivity index (χ1) is 16.3. The van der Waals surface area contributed by atoms with Gasteiger partial charge in [-0.25, -0.2) is 14.1 Å². The van der Waals surface area contributed by atoms with E-state index < -0.39 is 23.7 Å². The molecule has 1 fully saturated rings. The molecule has 6 nitrogen and oxygen atoms in total. The first kappa shape index (κ1) is 25.7. The standard InChI is InChI=1S/C25H25Cl2FN2O4/c1-2-3-4-5-6-7-12-34-22-20(26)14-16(15-21(22)27)13-19-23(31)29-25(33)30(24(19)32)18-10-8-17(28)9-11-18/h8-11,13-15H,2-7,12H2,1H3,(H,29,31,33)/b19-13+. The number of halogens is 3. The Morgan fingerprint density at radius 3 is 2.24 bits per heavy atom. The molecule has 180 valence electrons. The van der Waals surface area contributed by atoms with Gasteiger partial charge < -0.3 is 4.74 Å². The maximum atomic E-state index is 13.2. The highest BCUT2D eigenvalue weighted by Gasteiger charge is 2.36. The minimum Gasteiger partial charge on any atom is -0.490 e. The van der Waals surface area contributed by atoms with Gasteiger partial charge in [0.1, 0.15) is 11.4 Å². The van der Waals surface area contributed by atoms with Crippen molar-refractivity contribution in [3.05, 3.63) is 63.4 Å². The summed E-state index contributed by atoms with van der Waals surface area (Å²) < 4.78 is 19.0. The van der Waals surface area contributed by atoms with Gasteiger partial charge in [-0.15, -0.1) is 0 Å². The van der Waals surface area contributed by atoms with Crippen LogP contribution in [0.3, 0.4) is 0 Å². The Kier molecular flexibility index (Phi) is 9.07. The first-order valence-corrected chi connectivity index (χ1v) is 11.9. The monoisotopic (exact) mass is 506 g/mol. The van der Waals surface area contributed by atoms with Crippen LogP contribution in [0.2, 0.25) is 10.0 Å². The van der Waals surface area contributed by atoms with Gasteiger partial charge in [-0.2, -0.15) is 0 Å². The molecule has 0 saturated carbocycles. The van der Waals surface area contributed by atoms with Crippen molar-refractivity contribution in [1.29, 1.82) is 0 Å². The van der Waals surface area contributed by atoms with Crippen LogP contribution < -0.4 is 15.0 Å². The van der Waals surface area contributed by atoms with Crippen LogP contribution in [0, 0.1) is 5.82 Å².